The molecule has 0 saturated heterocycles. The van der Waals surface area contributed by atoms with Crippen LogP contribution in [0.4, 0.5) is 0 Å². The maximum absolute atomic E-state index is 6.45. The Morgan fingerprint density at radius 3 is 1.24 bits per heavy atom. The maximum atomic E-state index is 6.45. The van der Waals surface area contributed by atoms with Gasteiger partial charge in [0.05, 0.1) is 16.6 Å². The van der Waals surface area contributed by atoms with Crippen LogP contribution in [0.2, 0.25) is 0 Å². The first-order valence-corrected chi connectivity index (χ1v) is 29.1. The minimum absolute atomic E-state index is 0.0271. The van der Waals surface area contributed by atoms with Gasteiger partial charge >= 0.3 is 0 Å². The van der Waals surface area contributed by atoms with Crippen LogP contribution in [-0.4, -0.2) is 9.13 Å². The van der Waals surface area contributed by atoms with Crippen LogP contribution in [0.15, 0.2) is 66.7 Å². The Balaban J connectivity index is 1.21. The summed E-state index contributed by atoms with van der Waals surface area (Å²) in [6.07, 6.45) is 44.8. The summed E-state index contributed by atoms with van der Waals surface area (Å²) in [6.45, 7) is 20.5. The molecule has 2 heteroatoms. The normalized spacial score (nSPS) is 12.2. The van der Waals surface area contributed by atoms with Gasteiger partial charge in [-0.1, -0.05) is 264 Å². The van der Waals surface area contributed by atoms with E-state index in [1.807, 2.05) is 0 Å². The molecule has 0 aliphatic heterocycles. The lowest BCUT2D eigenvalue weighted by atomic mass is 9.83. The molecule has 4 aromatic carbocycles. The molecular weight excluding hydrogens is 845 g/mol. The van der Waals surface area contributed by atoms with E-state index >= 15 is 0 Å². The summed E-state index contributed by atoms with van der Waals surface area (Å²) in [4.78, 5) is 0. The Morgan fingerprint density at radius 1 is 0.386 bits per heavy atom. The van der Waals surface area contributed by atoms with E-state index in [4.69, 9.17) is 6.42 Å². The van der Waals surface area contributed by atoms with E-state index < -0.39 is 0 Å². The van der Waals surface area contributed by atoms with Gasteiger partial charge in [-0.15, -0.1) is 6.42 Å². The number of unbranched alkanes of at least 4 members (excludes halogenated alkanes) is 26. The number of terminal acetylenes is 1. The van der Waals surface area contributed by atoms with E-state index in [-0.39, 0.29) is 10.8 Å². The molecule has 0 aliphatic carbocycles. The van der Waals surface area contributed by atoms with Gasteiger partial charge in [0.15, 0.2) is 0 Å². The lowest BCUT2D eigenvalue weighted by Crippen LogP contribution is -2.11. The summed E-state index contributed by atoms with van der Waals surface area (Å²) in [6, 6.07) is 25.5. The van der Waals surface area contributed by atoms with Crippen molar-refractivity contribution < 1.29 is 0 Å². The van der Waals surface area contributed by atoms with Crippen LogP contribution in [0.5, 0.6) is 0 Å². The Bertz CT molecular complexity index is 2630. The summed E-state index contributed by atoms with van der Waals surface area (Å²) in [5, 5.41) is 5.22. The summed E-state index contributed by atoms with van der Waals surface area (Å²) in [5.74, 6) is 10.8. The predicted molar refractivity (Wildman–Crippen MR) is 311 cm³/mol. The zero-order chi connectivity index (χ0) is 49.8. The van der Waals surface area contributed by atoms with Crippen molar-refractivity contribution >= 4 is 43.6 Å². The van der Waals surface area contributed by atoms with Gasteiger partial charge in [0.25, 0.3) is 0 Å². The molecule has 0 amide bonds. The molecule has 0 spiro atoms. The quantitative estimate of drug-likeness (QED) is 0.0315. The van der Waals surface area contributed by atoms with Gasteiger partial charge in [0, 0.05) is 56.8 Å². The Hall–Kier alpha value is -4.40. The lowest BCUT2D eigenvalue weighted by Gasteiger charge is -2.20. The van der Waals surface area contributed by atoms with Gasteiger partial charge in [-0.3, -0.25) is 0 Å². The fraction of sp³-hybridized carbons (Fsp3) is 0.588. The number of hydrogen-bond acceptors (Lipinski definition) is 0. The predicted octanol–water partition coefficient (Wildman–Crippen LogP) is 20.8. The van der Waals surface area contributed by atoms with Crippen LogP contribution in [0, 0.1) is 24.2 Å². The molecule has 0 radical (unpaired) electrons. The molecule has 6 aromatic rings. The zero-order valence-corrected chi connectivity index (χ0v) is 46.0. The van der Waals surface area contributed by atoms with Crippen molar-refractivity contribution in [2.75, 3.05) is 0 Å². The topological polar surface area (TPSA) is 9.86 Å². The molecule has 0 saturated carbocycles. The number of hydrogen-bond donors (Lipinski definition) is 0. The zero-order valence-electron chi connectivity index (χ0n) is 46.0. The Labute approximate surface area is 428 Å². The summed E-state index contributed by atoms with van der Waals surface area (Å²) >= 11 is 0. The molecule has 0 fully saturated rings. The summed E-state index contributed by atoms with van der Waals surface area (Å²) in [7, 11) is 0. The number of aromatic nitrogens is 2. The van der Waals surface area contributed by atoms with Crippen molar-refractivity contribution in [1.82, 2.24) is 9.13 Å². The van der Waals surface area contributed by atoms with Gasteiger partial charge in [-0.05, 0) is 77.3 Å². The molecule has 2 nitrogen and oxygen atoms in total. The molecule has 0 bridgehead atoms. The van der Waals surface area contributed by atoms with Crippen molar-refractivity contribution in [1.29, 1.82) is 0 Å². The lowest BCUT2D eigenvalue weighted by molar-refractivity contribution is 0.528. The highest BCUT2D eigenvalue weighted by Crippen LogP contribution is 2.40. The van der Waals surface area contributed by atoms with E-state index in [0.29, 0.717) is 0 Å². The first-order chi connectivity index (χ1) is 34.0. The molecule has 2 heterocycles. The van der Waals surface area contributed by atoms with Gasteiger partial charge in [-0.25, -0.2) is 0 Å². The van der Waals surface area contributed by atoms with Crippen molar-refractivity contribution in [3.8, 4) is 24.2 Å². The van der Waals surface area contributed by atoms with Crippen LogP contribution in [-0.2, 0) is 23.9 Å². The summed E-state index contributed by atoms with van der Waals surface area (Å²) in [5.41, 5.74) is 10.8. The Morgan fingerprint density at radius 2 is 0.786 bits per heavy atom. The van der Waals surface area contributed by atoms with E-state index in [0.717, 1.165) is 36.2 Å². The molecular formula is C68H96N2. The molecule has 6 rings (SSSR count). The third-order valence-electron chi connectivity index (χ3n) is 15.5. The fourth-order valence-corrected chi connectivity index (χ4v) is 11.1. The second-order valence-corrected chi connectivity index (χ2v) is 23.5. The minimum atomic E-state index is -0.0443. The SMILES string of the molecule is C#Cc1cc(C(C)(C)C)cc2c3cc(C(C)(C)C)cc(C#Cc4ccc5c6ccccc6n(CCCCCCCCCCCCCCCC)c5c4)c3n(CCCCCCCCCCCCCCCC)c12. The molecule has 2 aromatic heterocycles. The molecule has 0 atom stereocenters. The van der Waals surface area contributed by atoms with Gasteiger partial charge in [0.2, 0.25) is 0 Å². The van der Waals surface area contributed by atoms with Gasteiger partial charge in [0.1, 0.15) is 0 Å². The maximum Gasteiger partial charge on any atom is 0.0651 e. The first-order valence-electron chi connectivity index (χ1n) is 29.1. The standard InChI is InChI=1S/C68H96N2/c1-10-13-15-17-19-21-23-25-27-29-31-33-35-39-47-69-63-42-38-37-41-59(63)60-46-44-54(49-64(60)69)43-45-56-51-58(68(7,8)9)53-62-61-52-57(67(4,5)6)50-55(12-3)65(61)70(66(56)62)48-40-36-34-32-30-28-26-24-22-20-18-16-14-11-2/h3,37-38,41-42,44,46,49-53H,10-11,13-36,39-40,47-48H2,1-2,4-9H3. The largest absolute Gasteiger partial charge is 0.340 e. The van der Waals surface area contributed by atoms with Gasteiger partial charge in [-0.2, -0.15) is 0 Å². The van der Waals surface area contributed by atoms with E-state index in [2.05, 4.69) is 149 Å². The third-order valence-corrected chi connectivity index (χ3v) is 15.5. The van der Waals surface area contributed by atoms with Crippen LogP contribution in [0.1, 0.15) is 263 Å². The van der Waals surface area contributed by atoms with E-state index in [9.17, 15) is 0 Å². The van der Waals surface area contributed by atoms with Gasteiger partial charge < -0.3 is 9.13 Å². The van der Waals surface area contributed by atoms with Crippen molar-refractivity contribution in [3.63, 3.8) is 0 Å². The minimum Gasteiger partial charge on any atom is -0.340 e. The van der Waals surface area contributed by atoms with Crippen LogP contribution >= 0.6 is 0 Å². The van der Waals surface area contributed by atoms with Crippen LogP contribution in [0.25, 0.3) is 43.6 Å². The fourth-order valence-electron chi connectivity index (χ4n) is 11.1. The molecule has 70 heavy (non-hydrogen) atoms. The number of nitrogens with zero attached hydrogens (tertiary/aromatic N) is 2. The summed E-state index contributed by atoms with van der Waals surface area (Å²) < 4.78 is 5.15. The highest BCUT2D eigenvalue weighted by atomic mass is 15.0. The second kappa shape index (κ2) is 28.0. The number of para-hydroxylation sites is 1. The van der Waals surface area contributed by atoms with Crippen LogP contribution in [0.3, 0.4) is 0 Å². The number of benzene rings is 4. The van der Waals surface area contributed by atoms with Crippen molar-refractivity contribution in [2.24, 2.45) is 0 Å². The number of rotatable bonds is 30. The van der Waals surface area contributed by atoms with Crippen molar-refractivity contribution in [2.45, 2.75) is 259 Å². The monoisotopic (exact) mass is 941 g/mol. The number of fused-ring (bicyclic) bond motifs is 6. The van der Waals surface area contributed by atoms with E-state index in [1.165, 1.54) is 228 Å². The first kappa shape index (κ1) is 54.9. The molecule has 378 valence electrons. The molecule has 0 aliphatic rings. The molecule has 0 unspecified atom stereocenters. The number of aryl methyl sites for hydroxylation is 2. The smallest absolute Gasteiger partial charge is 0.0651 e. The van der Waals surface area contributed by atoms with E-state index in [1.54, 1.807) is 0 Å². The third kappa shape index (κ3) is 15.6. The highest BCUT2D eigenvalue weighted by Gasteiger charge is 2.24. The van der Waals surface area contributed by atoms with Crippen molar-refractivity contribution in [3.05, 3.63) is 94.5 Å². The van der Waals surface area contributed by atoms with Crippen LogP contribution < -0.4 is 0 Å². The molecule has 0 N–H and O–H groups in total. The highest BCUT2D eigenvalue weighted by molar-refractivity contribution is 6.12. The second-order valence-electron chi connectivity index (χ2n) is 23.5. The average molecular weight is 942 g/mol. The average Bonchev–Trinajstić information content (AvgIpc) is 3.84. The Kier molecular flexibility index (Phi) is 22.0.